The first-order valence-electron chi connectivity index (χ1n) is 4.60. The van der Waals surface area contributed by atoms with Crippen molar-refractivity contribution >= 4 is 5.97 Å². The van der Waals surface area contributed by atoms with E-state index in [0.717, 1.165) is 0 Å². The number of carbonyl (C=O) groups is 1. The van der Waals surface area contributed by atoms with E-state index in [9.17, 15) is 4.79 Å². The summed E-state index contributed by atoms with van der Waals surface area (Å²) in [7, 11) is 0. The average Bonchev–Trinajstić information content (AvgIpc) is 2.84. The van der Waals surface area contributed by atoms with Crippen LogP contribution in [0.3, 0.4) is 0 Å². The lowest BCUT2D eigenvalue weighted by atomic mass is 10.2. The van der Waals surface area contributed by atoms with Crippen molar-refractivity contribution in [1.29, 1.82) is 0 Å². The van der Waals surface area contributed by atoms with Gasteiger partial charge in [-0.2, -0.15) is 5.10 Å². The van der Waals surface area contributed by atoms with Gasteiger partial charge in [-0.15, -0.1) is 0 Å². The zero-order valence-corrected chi connectivity index (χ0v) is 8.24. The number of imidazole rings is 1. The number of carboxylic acids is 1. The zero-order valence-electron chi connectivity index (χ0n) is 8.24. The van der Waals surface area contributed by atoms with Gasteiger partial charge in [0.05, 0.1) is 18.7 Å². The zero-order chi connectivity index (χ0) is 11.5. The molecular weight excluding hydrogens is 212 g/mol. The van der Waals surface area contributed by atoms with E-state index < -0.39 is 12.0 Å². The summed E-state index contributed by atoms with van der Waals surface area (Å²) in [6, 6.07) is -0.860. The number of rotatable bonds is 4. The molecule has 16 heavy (non-hydrogen) atoms. The van der Waals surface area contributed by atoms with Crippen molar-refractivity contribution < 1.29 is 15.0 Å². The van der Waals surface area contributed by atoms with Gasteiger partial charge in [0.15, 0.2) is 11.8 Å². The third-order valence-electron chi connectivity index (χ3n) is 2.16. The predicted molar refractivity (Wildman–Crippen MR) is 52.9 cm³/mol. The van der Waals surface area contributed by atoms with Crippen LogP contribution < -0.4 is 0 Å². The molecule has 2 heterocycles. The molecule has 0 aromatic carbocycles. The Kier molecular flexibility index (Phi) is 2.59. The van der Waals surface area contributed by atoms with Gasteiger partial charge in [-0.25, -0.2) is 9.78 Å². The molecule has 1 atom stereocenters. The SMILES string of the molecule is O=C(O)[C@H](Cc1cnc[nH]1)n1cc(O)cn1. The lowest BCUT2D eigenvalue weighted by Gasteiger charge is -2.11. The molecule has 0 saturated heterocycles. The molecule has 0 radical (unpaired) electrons. The normalized spacial score (nSPS) is 12.5. The molecule has 2 aromatic rings. The lowest BCUT2D eigenvalue weighted by Crippen LogP contribution is -2.22. The third kappa shape index (κ3) is 2.02. The second kappa shape index (κ2) is 4.05. The Morgan fingerprint density at radius 3 is 2.88 bits per heavy atom. The summed E-state index contributed by atoms with van der Waals surface area (Å²) in [5.74, 6) is -1.08. The number of aromatic hydroxyl groups is 1. The van der Waals surface area contributed by atoms with Crippen LogP contribution in [0.2, 0.25) is 0 Å². The topological polar surface area (TPSA) is 104 Å². The minimum Gasteiger partial charge on any atom is -0.505 e. The summed E-state index contributed by atoms with van der Waals surface area (Å²) in [6.07, 6.45) is 5.74. The number of nitrogens with zero attached hydrogens (tertiary/aromatic N) is 3. The van der Waals surface area contributed by atoms with E-state index in [2.05, 4.69) is 15.1 Å². The summed E-state index contributed by atoms with van der Waals surface area (Å²) in [4.78, 5) is 17.7. The van der Waals surface area contributed by atoms with Crippen molar-refractivity contribution in [2.24, 2.45) is 0 Å². The summed E-state index contributed by atoms with van der Waals surface area (Å²) < 4.78 is 1.21. The van der Waals surface area contributed by atoms with Gasteiger partial charge in [-0.05, 0) is 0 Å². The van der Waals surface area contributed by atoms with E-state index >= 15 is 0 Å². The minimum atomic E-state index is -1.02. The van der Waals surface area contributed by atoms with Gasteiger partial charge in [0, 0.05) is 18.3 Å². The first kappa shape index (κ1) is 10.2. The van der Waals surface area contributed by atoms with Crippen LogP contribution in [-0.2, 0) is 11.2 Å². The Bertz CT molecular complexity index is 477. The highest BCUT2D eigenvalue weighted by Gasteiger charge is 2.21. The molecule has 0 amide bonds. The van der Waals surface area contributed by atoms with Crippen molar-refractivity contribution in [3.05, 3.63) is 30.6 Å². The van der Waals surface area contributed by atoms with E-state index in [1.165, 1.54) is 23.4 Å². The number of aromatic amines is 1. The highest BCUT2D eigenvalue weighted by atomic mass is 16.4. The van der Waals surface area contributed by atoms with Gasteiger partial charge in [-0.1, -0.05) is 0 Å². The first-order chi connectivity index (χ1) is 7.66. The second-order valence-corrected chi connectivity index (χ2v) is 3.31. The summed E-state index contributed by atoms with van der Waals surface area (Å²) in [5, 5.41) is 21.9. The van der Waals surface area contributed by atoms with Crippen LogP contribution in [0.25, 0.3) is 0 Å². The fourth-order valence-electron chi connectivity index (χ4n) is 1.40. The largest absolute Gasteiger partial charge is 0.505 e. The number of aliphatic carboxylic acids is 1. The molecule has 0 aliphatic heterocycles. The Morgan fingerprint density at radius 2 is 2.38 bits per heavy atom. The molecule has 0 unspecified atom stereocenters. The maximum atomic E-state index is 11.1. The van der Waals surface area contributed by atoms with Crippen LogP contribution in [0.4, 0.5) is 0 Å². The monoisotopic (exact) mass is 222 g/mol. The molecule has 3 N–H and O–H groups in total. The maximum absolute atomic E-state index is 11.1. The Labute approximate surface area is 90.4 Å². The molecule has 84 valence electrons. The number of H-pyrrole nitrogens is 1. The number of hydrogen-bond acceptors (Lipinski definition) is 4. The quantitative estimate of drug-likeness (QED) is 0.684. The molecule has 0 bridgehead atoms. The minimum absolute atomic E-state index is 0.0594. The van der Waals surface area contributed by atoms with Crippen LogP contribution in [0.5, 0.6) is 5.75 Å². The van der Waals surface area contributed by atoms with Crippen molar-refractivity contribution in [3.8, 4) is 5.75 Å². The Morgan fingerprint density at radius 1 is 1.56 bits per heavy atom. The van der Waals surface area contributed by atoms with Crippen molar-refractivity contribution in [3.63, 3.8) is 0 Å². The maximum Gasteiger partial charge on any atom is 0.328 e. The van der Waals surface area contributed by atoms with Gasteiger partial charge >= 0.3 is 5.97 Å². The van der Waals surface area contributed by atoms with Crippen LogP contribution in [-0.4, -0.2) is 35.9 Å². The van der Waals surface area contributed by atoms with Gasteiger partial charge < -0.3 is 15.2 Å². The van der Waals surface area contributed by atoms with E-state index in [-0.39, 0.29) is 12.2 Å². The van der Waals surface area contributed by atoms with Crippen LogP contribution in [0, 0.1) is 0 Å². The number of aromatic nitrogens is 4. The molecule has 0 saturated carbocycles. The molecular formula is C9H10N4O3. The fraction of sp³-hybridized carbons (Fsp3) is 0.222. The molecule has 0 fully saturated rings. The first-order valence-corrected chi connectivity index (χ1v) is 4.60. The summed E-state index contributed by atoms with van der Waals surface area (Å²) in [5.41, 5.74) is 0.697. The van der Waals surface area contributed by atoms with Crippen LogP contribution in [0.1, 0.15) is 11.7 Å². The molecule has 0 aliphatic rings. The molecule has 2 rings (SSSR count). The lowest BCUT2D eigenvalue weighted by molar-refractivity contribution is -0.141. The molecule has 0 aliphatic carbocycles. The van der Waals surface area contributed by atoms with E-state index in [1.54, 1.807) is 6.20 Å². The number of nitrogens with one attached hydrogen (secondary N) is 1. The van der Waals surface area contributed by atoms with Crippen LogP contribution in [0.15, 0.2) is 24.9 Å². The highest BCUT2D eigenvalue weighted by Crippen LogP contribution is 2.15. The van der Waals surface area contributed by atoms with Crippen molar-refractivity contribution in [2.45, 2.75) is 12.5 Å². The number of carboxylic acid groups (broad SMARTS) is 1. The van der Waals surface area contributed by atoms with E-state index in [0.29, 0.717) is 5.69 Å². The number of hydrogen-bond donors (Lipinski definition) is 3. The predicted octanol–water partition coefficient (Wildman–Crippen LogP) is 0.180. The second-order valence-electron chi connectivity index (χ2n) is 3.31. The van der Waals surface area contributed by atoms with Gasteiger partial charge in [0.25, 0.3) is 0 Å². The molecule has 2 aromatic heterocycles. The van der Waals surface area contributed by atoms with E-state index in [1.807, 2.05) is 0 Å². The molecule has 7 heteroatoms. The Balaban J connectivity index is 2.21. The highest BCUT2D eigenvalue weighted by molar-refractivity contribution is 5.72. The van der Waals surface area contributed by atoms with Gasteiger partial charge in [-0.3, -0.25) is 4.68 Å². The molecule has 0 spiro atoms. The molecule has 7 nitrogen and oxygen atoms in total. The summed E-state index contributed by atoms with van der Waals surface area (Å²) >= 11 is 0. The van der Waals surface area contributed by atoms with Gasteiger partial charge in [0.1, 0.15) is 0 Å². The standard InChI is InChI=1S/C9H10N4O3/c14-7-3-12-13(4-7)8(9(15)16)1-6-2-10-5-11-6/h2-5,8,14H,1H2,(H,10,11)(H,15,16)/t8-/m0/s1. The smallest absolute Gasteiger partial charge is 0.328 e. The third-order valence-corrected chi connectivity index (χ3v) is 2.16. The van der Waals surface area contributed by atoms with Crippen LogP contribution >= 0.6 is 0 Å². The van der Waals surface area contributed by atoms with Crippen molar-refractivity contribution in [2.75, 3.05) is 0 Å². The fourth-order valence-corrected chi connectivity index (χ4v) is 1.40. The van der Waals surface area contributed by atoms with E-state index in [4.69, 9.17) is 10.2 Å². The Hall–Kier alpha value is -2.31. The van der Waals surface area contributed by atoms with Gasteiger partial charge in [0.2, 0.25) is 0 Å². The average molecular weight is 222 g/mol. The van der Waals surface area contributed by atoms with Crippen molar-refractivity contribution in [1.82, 2.24) is 19.7 Å². The summed E-state index contributed by atoms with van der Waals surface area (Å²) in [6.45, 7) is 0.